The van der Waals surface area contributed by atoms with Crippen molar-refractivity contribution in [3.8, 4) is 22.8 Å². The van der Waals surface area contributed by atoms with Crippen LogP contribution in [0.2, 0.25) is 0 Å². The topological polar surface area (TPSA) is 126 Å². The van der Waals surface area contributed by atoms with E-state index in [1.54, 1.807) is 18.2 Å². The van der Waals surface area contributed by atoms with Gasteiger partial charge in [0.05, 0.1) is 19.4 Å². The molecule has 3 N–H and O–H groups in total. The molecule has 1 aromatic heterocycles. The molecule has 36 heavy (non-hydrogen) atoms. The van der Waals surface area contributed by atoms with E-state index in [0.29, 0.717) is 42.0 Å². The fourth-order valence-electron chi connectivity index (χ4n) is 3.75. The number of carbonyl (C=O) groups is 1. The van der Waals surface area contributed by atoms with E-state index in [2.05, 4.69) is 19.6 Å². The SMILES string of the molecule is C[SH](O)(Cc1cc2cc(c1)OCCCCCOc1cc(ccc1F)-c1nc(ncc1F)N2)=NC(=O)O. The maximum atomic E-state index is 14.6. The summed E-state index contributed by atoms with van der Waals surface area (Å²) < 4.78 is 54.2. The molecule has 1 amide bonds. The summed E-state index contributed by atoms with van der Waals surface area (Å²) in [5.74, 6) is -0.658. The quantitative estimate of drug-likeness (QED) is 0.328. The van der Waals surface area contributed by atoms with Crippen molar-refractivity contribution < 1.29 is 32.7 Å². The number of anilines is 2. The molecule has 2 aromatic carbocycles. The third-order valence-electron chi connectivity index (χ3n) is 5.27. The van der Waals surface area contributed by atoms with Crippen molar-refractivity contribution >= 4 is 27.8 Å². The van der Waals surface area contributed by atoms with E-state index >= 15 is 0 Å². The highest BCUT2D eigenvalue weighted by molar-refractivity contribution is 7.98. The molecule has 1 aliphatic rings. The Hall–Kier alpha value is -3.64. The molecule has 0 unspecified atom stereocenters. The molecule has 0 atom stereocenters. The molecule has 0 fully saturated rings. The number of benzene rings is 2. The summed E-state index contributed by atoms with van der Waals surface area (Å²) in [5, 5.41) is 12.0. The van der Waals surface area contributed by atoms with Crippen LogP contribution >= 0.6 is 0 Å². The van der Waals surface area contributed by atoms with Crippen molar-refractivity contribution in [3.63, 3.8) is 0 Å². The van der Waals surface area contributed by atoms with Gasteiger partial charge in [-0.3, -0.25) is 0 Å². The third kappa shape index (κ3) is 6.73. The lowest BCUT2D eigenvalue weighted by Crippen LogP contribution is -2.13. The Labute approximate surface area is 207 Å². The smallest absolute Gasteiger partial charge is 0.437 e. The highest BCUT2D eigenvalue weighted by atomic mass is 32.3. The number of carboxylic acid groups (broad SMARTS) is 1. The second-order valence-electron chi connectivity index (χ2n) is 8.41. The average Bonchev–Trinajstić information content (AvgIpc) is 2.79. The summed E-state index contributed by atoms with van der Waals surface area (Å²) in [6, 6.07) is 9.11. The molecule has 9 nitrogen and oxygen atoms in total. The number of halogens is 2. The van der Waals surface area contributed by atoms with Crippen LogP contribution < -0.4 is 14.8 Å². The van der Waals surface area contributed by atoms with E-state index in [1.807, 2.05) is 0 Å². The van der Waals surface area contributed by atoms with Crippen LogP contribution in [0.25, 0.3) is 11.3 Å². The van der Waals surface area contributed by atoms with Crippen LogP contribution in [0, 0.1) is 11.6 Å². The van der Waals surface area contributed by atoms with Crippen LogP contribution in [0.15, 0.2) is 47.0 Å². The van der Waals surface area contributed by atoms with Gasteiger partial charge in [-0.2, -0.15) is 4.36 Å². The van der Waals surface area contributed by atoms with Gasteiger partial charge in [-0.05, 0) is 61.4 Å². The normalized spacial score (nSPS) is 14.4. The van der Waals surface area contributed by atoms with Gasteiger partial charge in [0, 0.05) is 23.1 Å². The van der Waals surface area contributed by atoms with Crippen LogP contribution in [0.1, 0.15) is 24.8 Å². The first-order valence-corrected chi connectivity index (χ1v) is 13.5. The lowest BCUT2D eigenvalue weighted by molar-refractivity contribution is 0.206. The van der Waals surface area contributed by atoms with Crippen molar-refractivity contribution in [1.29, 1.82) is 0 Å². The summed E-state index contributed by atoms with van der Waals surface area (Å²) in [6.07, 6.45) is 3.12. The Morgan fingerprint density at radius 2 is 1.89 bits per heavy atom. The second-order valence-corrected chi connectivity index (χ2v) is 11.1. The number of hydrogen-bond donors (Lipinski definition) is 4. The van der Waals surface area contributed by atoms with Crippen LogP contribution in [0.5, 0.6) is 11.5 Å². The number of hydrogen-bond acceptors (Lipinski definition) is 6. The maximum Gasteiger partial charge on any atom is 0.437 e. The molecule has 1 aliphatic heterocycles. The maximum absolute atomic E-state index is 14.6. The molecule has 0 spiro atoms. The fourth-order valence-corrected chi connectivity index (χ4v) is 5.06. The molecule has 2 heterocycles. The molecule has 12 heteroatoms. The molecule has 0 aliphatic carbocycles. The zero-order valence-electron chi connectivity index (χ0n) is 19.4. The molecule has 6 bridgehead atoms. The first-order chi connectivity index (χ1) is 17.2. The number of nitrogens with zero attached hydrogens (tertiary/aromatic N) is 3. The number of nitrogens with one attached hydrogen (secondary N) is 1. The number of ether oxygens (including phenoxy) is 2. The minimum absolute atomic E-state index is 0.0103. The van der Waals surface area contributed by atoms with Gasteiger partial charge in [0.1, 0.15) is 11.4 Å². The van der Waals surface area contributed by atoms with Crippen molar-refractivity contribution in [2.75, 3.05) is 24.8 Å². The zero-order valence-corrected chi connectivity index (χ0v) is 20.3. The average molecular weight is 521 g/mol. The number of aromatic nitrogens is 2. The summed E-state index contributed by atoms with van der Waals surface area (Å²) in [6.45, 7) is 0.680. The van der Waals surface area contributed by atoms with E-state index in [1.165, 1.54) is 24.5 Å². The molecule has 3 aromatic rings. The van der Waals surface area contributed by atoms with E-state index < -0.39 is 27.8 Å². The van der Waals surface area contributed by atoms with E-state index in [4.69, 9.17) is 14.6 Å². The lowest BCUT2D eigenvalue weighted by Gasteiger charge is -2.19. The molecular weight excluding hydrogens is 494 g/mol. The molecule has 0 radical (unpaired) electrons. The molecule has 0 saturated carbocycles. The van der Waals surface area contributed by atoms with Gasteiger partial charge in [0.2, 0.25) is 5.95 Å². The number of amides is 1. The van der Waals surface area contributed by atoms with Gasteiger partial charge >= 0.3 is 6.09 Å². The molecular formula is C24H26F2N4O5S. The van der Waals surface area contributed by atoms with Gasteiger partial charge in [-0.15, -0.1) is 0 Å². The van der Waals surface area contributed by atoms with Crippen molar-refractivity contribution in [3.05, 3.63) is 59.8 Å². The largest absolute Gasteiger partial charge is 0.494 e. The Kier molecular flexibility index (Phi) is 7.75. The summed E-state index contributed by atoms with van der Waals surface area (Å²) in [7, 11) is -3.12. The van der Waals surface area contributed by atoms with Gasteiger partial charge in [-0.1, -0.05) is 10.1 Å². The van der Waals surface area contributed by atoms with Gasteiger partial charge in [-0.25, -0.2) is 23.5 Å². The number of rotatable bonds is 2. The van der Waals surface area contributed by atoms with E-state index in [9.17, 15) is 18.1 Å². The first kappa shape index (κ1) is 25.5. The zero-order chi connectivity index (χ0) is 25.7. The summed E-state index contributed by atoms with van der Waals surface area (Å²) >= 11 is 0. The minimum Gasteiger partial charge on any atom is -0.494 e. The third-order valence-corrected chi connectivity index (χ3v) is 6.84. The van der Waals surface area contributed by atoms with Crippen molar-refractivity contribution in [2.24, 2.45) is 4.36 Å². The minimum atomic E-state index is -3.12. The Bertz CT molecular complexity index is 1330. The monoisotopic (exact) mass is 520 g/mol. The van der Waals surface area contributed by atoms with Gasteiger partial charge in [0.25, 0.3) is 0 Å². The second kappa shape index (κ2) is 11.0. The molecule has 4 rings (SSSR count). The molecule has 0 saturated heterocycles. The number of fused-ring (bicyclic) bond motifs is 7. The first-order valence-electron chi connectivity index (χ1n) is 11.2. The Balaban J connectivity index is 1.74. The van der Waals surface area contributed by atoms with Crippen LogP contribution in [-0.4, -0.2) is 45.2 Å². The van der Waals surface area contributed by atoms with E-state index in [-0.39, 0.29) is 29.8 Å². The Morgan fingerprint density at radius 3 is 2.67 bits per heavy atom. The standard InChI is InChI=1S/C24H26F2N4O5S/c1-36(33,30-24(31)32)14-15-9-17-12-18(10-15)34-7-3-2-4-8-35-21-11-16(5-6-19(21)25)22-20(26)13-27-23(28-17)29-22/h5-6,9-13,36H,2-4,7-8,14H2,1H3,(H,30,33)(H,31,32)(H,27,28,29). The van der Waals surface area contributed by atoms with Crippen molar-refractivity contribution in [2.45, 2.75) is 25.0 Å². The van der Waals surface area contributed by atoms with Gasteiger partial charge in [0.15, 0.2) is 17.4 Å². The van der Waals surface area contributed by atoms with E-state index in [0.717, 1.165) is 12.6 Å². The lowest BCUT2D eigenvalue weighted by atomic mass is 10.1. The highest BCUT2D eigenvalue weighted by Gasteiger charge is 2.15. The number of thiol groups is 1. The predicted octanol–water partition coefficient (Wildman–Crippen LogP) is 5.46. The fraction of sp³-hybridized carbons (Fsp3) is 0.292. The molecule has 192 valence electrons. The summed E-state index contributed by atoms with van der Waals surface area (Å²) in [4.78, 5) is 19.3. The highest BCUT2D eigenvalue weighted by Crippen LogP contribution is 2.30. The van der Waals surface area contributed by atoms with Crippen LogP contribution in [0.3, 0.4) is 0 Å². The predicted molar refractivity (Wildman–Crippen MR) is 133 cm³/mol. The van der Waals surface area contributed by atoms with Crippen LogP contribution in [0.4, 0.5) is 25.2 Å². The van der Waals surface area contributed by atoms with Crippen LogP contribution in [-0.2, 0) is 15.9 Å². The summed E-state index contributed by atoms with van der Waals surface area (Å²) in [5.41, 5.74) is 1.37. The Morgan fingerprint density at radius 1 is 1.11 bits per heavy atom. The van der Waals surface area contributed by atoms with Crippen molar-refractivity contribution in [1.82, 2.24) is 9.97 Å². The van der Waals surface area contributed by atoms with Gasteiger partial charge < -0.3 is 24.4 Å².